The molecule has 0 bridgehead atoms. The number of hydrogen-bond acceptors (Lipinski definition) is 3. The number of carbonyl (C=O) groups excluding carboxylic acids is 1. The van der Waals surface area contributed by atoms with Crippen molar-refractivity contribution in [1.82, 2.24) is 24.9 Å². The molecule has 1 N–H and O–H groups in total. The zero-order valence-electron chi connectivity index (χ0n) is 12.6. The van der Waals surface area contributed by atoms with Gasteiger partial charge in [-0.25, -0.2) is 4.68 Å². The van der Waals surface area contributed by atoms with E-state index in [9.17, 15) is 4.79 Å². The van der Waals surface area contributed by atoms with Crippen molar-refractivity contribution >= 4 is 16.8 Å². The predicted octanol–water partition coefficient (Wildman–Crippen LogP) is 2.33. The number of aromatic nitrogens is 4. The first-order valence-electron chi connectivity index (χ1n) is 8.07. The molecule has 6 nitrogen and oxygen atoms in total. The quantitative estimate of drug-likeness (QED) is 0.807. The van der Waals surface area contributed by atoms with E-state index in [1.54, 1.807) is 0 Å². The van der Waals surface area contributed by atoms with Gasteiger partial charge in [-0.15, -0.1) is 5.10 Å². The third-order valence-corrected chi connectivity index (χ3v) is 4.81. The van der Waals surface area contributed by atoms with E-state index in [-0.39, 0.29) is 11.9 Å². The maximum atomic E-state index is 12.5. The Hall–Kier alpha value is -2.63. The van der Waals surface area contributed by atoms with Gasteiger partial charge in [0.2, 0.25) is 0 Å². The van der Waals surface area contributed by atoms with Crippen molar-refractivity contribution in [3.05, 3.63) is 47.9 Å². The van der Waals surface area contributed by atoms with Crippen LogP contribution in [-0.4, -0.2) is 43.9 Å². The fraction of sp³-hybridized carbons (Fsp3) is 0.353. The average Bonchev–Trinajstić information content (AvgIpc) is 3.10. The lowest BCUT2D eigenvalue weighted by Gasteiger charge is -2.38. The highest BCUT2D eigenvalue weighted by atomic mass is 16.2. The fourth-order valence-corrected chi connectivity index (χ4v) is 3.18. The van der Waals surface area contributed by atoms with Crippen molar-refractivity contribution in [2.24, 2.45) is 0 Å². The van der Waals surface area contributed by atoms with Crippen molar-refractivity contribution in [3.63, 3.8) is 0 Å². The highest BCUT2D eigenvalue weighted by Crippen LogP contribution is 2.39. The second kappa shape index (κ2) is 4.68. The summed E-state index contributed by atoms with van der Waals surface area (Å²) < 4.78 is 1.92. The third-order valence-electron chi connectivity index (χ3n) is 4.81. The Balaban J connectivity index is 1.29. The Bertz CT molecular complexity index is 852. The molecule has 1 aliphatic carbocycles. The summed E-state index contributed by atoms with van der Waals surface area (Å²) >= 11 is 0. The van der Waals surface area contributed by atoms with Crippen molar-refractivity contribution in [1.29, 1.82) is 0 Å². The monoisotopic (exact) mass is 307 g/mol. The van der Waals surface area contributed by atoms with Crippen LogP contribution in [0.15, 0.2) is 36.5 Å². The molecule has 6 heteroatoms. The van der Waals surface area contributed by atoms with Crippen molar-refractivity contribution in [3.8, 4) is 0 Å². The maximum absolute atomic E-state index is 12.5. The fourth-order valence-electron chi connectivity index (χ4n) is 3.18. The van der Waals surface area contributed by atoms with E-state index in [2.05, 4.69) is 15.3 Å². The number of H-pyrrole nitrogens is 1. The number of aromatic amines is 1. The summed E-state index contributed by atoms with van der Waals surface area (Å²) in [6.45, 7) is 1.39. The van der Waals surface area contributed by atoms with Crippen LogP contribution in [0.3, 0.4) is 0 Å². The molecule has 1 aromatic carbocycles. The highest BCUT2D eigenvalue weighted by molar-refractivity contribution is 5.98. The van der Waals surface area contributed by atoms with Crippen LogP contribution in [0.1, 0.15) is 41.0 Å². The van der Waals surface area contributed by atoms with Crippen LogP contribution >= 0.6 is 0 Å². The topological polar surface area (TPSA) is 66.8 Å². The first kappa shape index (κ1) is 12.9. The van der Waals surface area contributed by atoms with Gasteiger partial charge in [0.25, 0.3) is 5.91 Å². The molecule has 1 amide bonds. The molecule has 1 saturated carbocycles. The summed E-state index contributed by atoms with van der Waals surface area (Å²) in [5.41, 5.74) is 2.76. The zero-order chi connectivity index (χ0) is 15.4. The molecular weight excluding hydrogens is 290 g/mol. The minimum atomic E-state index is 0.0555. The normalized spacial score (nSPS) is 18.3. The Morgan fingerprint density at radius 2 is 2.04 bits per heavy atom. The van der Waals surface area contributed by atoms with Gasteiger partial charge in [0.05, 0.1) is 11.7 Å². The minimum absolute atomic E-state index is 0.0555. The van der Waals surface area contributed by atoms with E-state index in [1.165, 1.54) is 12.8 Å². The number of rotatable bonds is 3. The molecule has 116 valence electrons. The lowest BCUT2D eigenvalue weighted by molar-refractivity contribution is 0.0493. The first-order valence-corrected chi connectivity index (χ1v) is 8.07. The Kier molecular flexibility index (Phi) is 2.62. The molecule has 2 fully saturated rings. The van der Waals surface area contributed by atoms with Gasteiger partial charge in [-0.05, 0) is 25.0 Å². The van der Waals surface area contributed by atoms with Gasteiger partial charge in [-0.3, -0.25) is 4.79 Å². The van der Waals surface area contributed by atoms with Gasteiger partial charge in [-0.1, -0.05) is 23.4 Å². The summed E-state index contributed by atoms with van der Waals surface area (Å²) in [5, 5.41) is 9.53. The Labute approximate surface area is 133 Å². The van der Waals surface area contributed by atoms with Crippen LogP contribution in [0.25, 0.3) is 10.9 Å². The van der Waals surface area contributed by atoms with Gasteiger partial charge in [0, 0.05) is 36.1 Å². The molecule has 0 spiro atoms. The molecule has 3 heterocycles. The van der Waals surface area contributed by atoms with Crippen LogP contribution in [0.4, 0.5) is 0 Å². The van der Waals surface area contributed by atoms with Crippen LogP contribution in [-0.2, 0) is 0 Å². The van der Waals surface area contributed by atoms with Crippen molar-refractivity contribution < 1.29 is 4.79 Å². The van der Waals surface area contributed by atoms with E-state index >= 15 is 0 Å². The smallest absolute Gasteiger partial charge is 0.270 e. The summed E-state index contributed by atoms with van der Waals surface area (Å²) in [7, 11) is 0. The Morgan fingerprint density at radius 1 is 1.22 bits per heavy atom. The molecule has 23 heavy (non-hydrogen) atoms. The number of nitrogens with one attached hydrogen (secondary N) is 1. The van der Waals surface area contributed by atoms with Gasteiger partial charge >= 0.3 is 0 Å². The molecule has 0 unspecified atom stereocenters. The standard InChI is InChI=1S/C17H17N5O/c23-17(15-7-12-3-1-2-4-14(12)18-15)21-8-13(9-21)22-10-16(19-20-22)11-5-6-11/h1-4,7,10-11,13,18H,5-6,8-9H2. The molecule has 3 aromatic rings. The number of fused-ring (bicyclic) bond motifs is 1. The average molecular weight is 307 g/mol. The molecular formula is C17H17N5O. The van der Waals surface area contributed by atoms with Crippen molar-refractivity contribution in [2.45, 2.75) is 24.8 Å². The number of benzene rings is 1. The molecule has 5 rings (SSSR count). The van der Waals surface area contributed by atoms with E-state index in [0.29, 0.717) is 24.7 Å². The largest absolute Gasteiger partial charge is 0.351 e. The Morgan fingerprint density at radius 3 is 2.83 bits per heavy atom. The third kappa shape index (κ3) is 2.13. The van der Waals surface area contributed by atoms with E-state index in [1.807, 2.05) is 46.1 Å². The number of carbonyl (C=O) groups is 1. The first-order chi connectivity index (χ1) is 11.3. The van der Waals surface area contributed by atoms with Gasteiger partial charge in [0.15, 0.2) is 0 Å². The summed E-state index contributed by atoms with van der Waals surface area (Å²) in [6, 6.07) is 10.1. The highest BCUT2D eigenvalue weighted by Gasteiger charge is 2.35. The number of amides is 1. The zero-order valence-corrected chi connectivity index (χ0v) is 12.6. The number of likely N-dealkylation sites (tertiary alicyclic amines) is 1. The van der Waals surface area contributed by atoms with Crippen molar-refractivity contribution in [2.75, 3.05) is 13.1 Å². The van der Waals surface area contributed by atoms with Gasteiger partial charge in [-0.2, -0.15) is 0 Å². The maximum Gasteiger partial charge on any atom is 0.270 e. The van der Waals surface area contributed by atoms with E-state index in [4.69, 9.17) is 0 Å². The lowest BCUT2D eigenvalue weighted by Crippen LogP contribution is -2.51. The molecule has 1 saturated heterocycles. The second-order valence-electron chi connectivity index (χ2n) is 6.53. The lowest BCUT2D eigenvalue weighted by atomic mass is 10.1. The van der Waals surface area contributed by atoms with E-state index < -0.39 is 0 Å². The minimum Gasteiger partial charge on any atom is -0.351 e. The molecule has 0 radical (unpaired) electrons. The molecule has 2 aromatic heterocycles. The molecule has 2 aliphatic rings. The number of para-hydroxylation sites is 1. The summed E-state index contributed by atoms with van der Waals surface area (Å²) in [4.78, 5) is 17.6. The van der Waals surface area contributed by atoms with Crippen LogP contribution in [0.2, 0.25) is 0 Å². The number of hydrogen-bond donors (Lipinski definition) is 1. The number of nitrogens with zero attached hydrogens (tertiary/aromatic N) is 4. The molecule has 1 aliphatic heterocycles. The molecule has 0 atom stereocenters. The summed E-state index contributed by atoms with van der Waals surface area (Å²) in [5.74, 6) is 0.674. The van der Waals surface area contributed by atoms with Crippen LogP contribution in [0, 0.1) is 0 Å². The van der Waals surface area contributed by atoms with Gasteiger partial charge in [0.1, 0.15) is 5.69 Å². The second-order valence-corrected chi connectivity index (χ2v) is 6.53. The van der Waals surface area contributed by atoms with E-state index in [0.717, 1.165) is 16.6 Å². The SMILES string of the molecule is O=C(c1cc2ccccc2[nH]1)N1CC(n2cc(C3CC3)nn2)C1. The predicted molar refractivity (Wildman–Crippen MR) is 85.2 cm³/mol. The van der Waals surface area contributed by atoms with Gasteiger partial charge < -0.3 is 9.88 Å². The van der Waals surface area contributed by atoms with Crippen LogP contribution < -0.4 is 0 Å². The van der Waals surface area contributed by atoms with Crippen LogP contribution in [0.5, 0.6) is 0 Å². The summed E-state index contributed by atoms with van der Waals surface area (Å²) in [6.07, 6.45) is 4.51.